The number of hydrogen-bond acceptors (Lipinski definition) is 2. The molecule has 20 heavy (non-hydrogen) atoms. The Balaban J connectivity index is 1.71. The van der Waals surface area contributed by atoms with E-state index in [-0.39, 0.29) is 11.9 Å². The summed E-state index contributed by atoms with van der Waals surface area (Å²) in [6, 6.07) is 12.7. The van der Waals surface area contributed by atoms with Gasteiger partial charge in [-0.15, -0.1) is 0 Å². The second kappa shape index (κ2) is 5.35. The third-order valence-electron chi connectivity index (χ3n) is 3.27. The number of halogens is 2. The molecule has 0 spiro atoms. The first-order chi connectivity index (χ1) is 9.63. The lowest BCUT2D eigenvalue weighted by molar-refractivity contribution is -0.116. The third-order valence-corrected chi connectivity index (χ3v) is 4.01. The highest BCUT2D eigenvalue weighted by atomic mass is 35.5. The van der Waals surface area contributed by atoms with E-state index >= 15 is 0 Å². The van der Waals surface area contributed by atoms with Crippen LogP contribution in [0, 0.1) is 0 Å². The van der Waals surface area contributed by atoms with Crippen molar-refractivity contribution < 1.29 is 4.79 Å². The van der Waals surface area contributed by atoms with Crippen molar-refractivity contribution in [2.45, 2.75) is 12.5 Å². The van der Waals surface area contributed by atoms with Gasteiger partial charge in [0.05, 0.1) is 10.0 Å². The number of para-hydroxylation sites is 1. The number of benzene rings is 2. The summed E-state index contributed by atoms with van der Waals surface area (Å²) in [4.78, 5) is 12.2. The van der Waals surface area contributed by atoms with E-state index in [2.05, 4.69) is 10.6 Å². The van der Waals surface area contributed by atoms with Crippen LogP contribution in [-0.4, -0.2) is 11.9 Å². The molecular formula is C15H12Cl2N2O. The van der Waals surface area contributed by atoms with E-state index in [1.54, 1.807) is 18.2 Å². The second-order valence-electron chi connectivity index (χ2n) is 4.68. The molecule has 0 fully saturated rings. The van der Waals surface area contributed by atoms with Crippen LogP contribution in [0.5, 0.6) is 0 Å². The van der Waals surface area contributed by atoms with Crippen molar-refractivity contribution in [1.29, 1.82) is 0 Å². The van der Waals surface area contributed by atoms with Gasteiger partial charge in [0.1, 0.15) is 6.04 Å². The number of carbonyl (C=O) groups is 1. The molecule has 1 aliphatic heterocycles. The zero-order chi connectivity index (χ0) is 14.1. The van der Waals surface area contributed by atoms with Gasteiger partial charge in [-0.05, 0) is 29.8 Å². The molecule has 0 radical (unpaired) electrons. The second-order valence-corrected chi connectivity index (χ2v) is 5.49. The van der Waals surface area contributed by atoms with Crippen LogP contribution < -0.4 is 10.6 Å². The van der Waals surface area contributed by atoms with Crippen molar-refractivity contribution in [1.82, 2.24) is 0 Å². The largest absolute Gasteiger partial charge is 0.373 e. The summed E-state index contributed by atoms with van der Waals surface area (Å²) in [5, 5.41) is 6.94. The van der Waals surface area contributed by atoms with Gasteiger partial charge < -0.3 is 10.6 Å². The molecule has 1 atom stereocenters. The smallest absolute Gasteiger partial charge is 0.247 e. The molecule has 0 aromatic heterocycles. The molecule has 1 amide bonds. The van der Waals surface area contributed by atoms with Crippen molar-refractivity contribution in [3.63, 3.8) is 0 Å². The maximum Gasteiger partial charge on any atom is 0.247 e. The SMILES string of the molecule is O=C(Nc1ccc(Cl)c(Cl)c1)[C@@H]1Cc2ccccc2N1. The Hall–Kier alpha value is -1.71. The lowest BCUT2D eigenvalue weighted by Crippen LogP contribution is -2.32. The Morgan fingerprint density at radius 1 is 1.15 bits per heavy atom. The number of rotatable bonds is 2. The minimum Gasteiger partial charge on any atom is -0.373 e. The molecule has 5 heteroatoms. The van der Waals surface area contributed by atoms with Crippen LogP contribution in [0.4, 0.5) is 11.4 Å². The van der Waals surface area contributed by atoms with E-state index in [4.69, 9.17) is 23.2 Å². The zero-order valence-electron chi connectivity index (χ0n) is 10.5. The molecule has 1 heterocycles. The van der Waals surface area contributed by atoms with Gasteiger partial charge in [0.15, 0.2) is 0 Å². The fraction of sp³-hybridized carbons (Fsp3) is 0.133. The average Bonchev–Trinajstić information content (AvgIpc) is 2.87. The topological polar surface area (TPSA) is 41.1 Å². The summed E-state index contributed by atoms with van der Waals surface area (Å²) in [5.41, 5.74) is 2.81. The molecule has 3 rings (SSSR count). The van der Waals surface area contributed by atoms with Crippen LogP contribution in [0.3, 0.4) is 0 Å². The third kappa shape index (κ3) is 2.60. The monoisotopic (exact) mass is 306 g/mol. The summed E-state index contributed by atoms with van der Waals surface area (Å²) < 4.78 is 0. The van der Waals surface area contributed by atoms with Gasteiger partial charge in [-0.25, -0.2) is 0 Å². The number of hydrogen-bond donors (Lipinski definition) is 2. The van der Waals surface area contributed by atoms with E-state index in [0.29, 0.717) is 22.2 Å². The molecular weight excluding hydrogens is 295 g/mol. The highest BCUT2D eigenvalue weighted by Crippen LogP contribution is 2.27. The lowest BCUT2D eigenvalue weighted by atomic mass is 10.1. The summed E-state index contributed by atoms with van der Waals surface area (Å²) in [7, 11) is 0. The molecule has 0 bridgehead atoms. The average molecular weight is 307 g/mol. The molecule has 2 N–H and O–H groups in total. The molecule has 0 saturated carbocycles. The van der Waals surface area contributed by atoms with Crippen LogP contribution in [0.2, 0.25) is 10.0 Å². The van der Waals surface area contributed by atoms with Crippen molar-refractivity contribution in [2.75, 3.05) is 10.6 Å². The van der Waals surface area contributed by atoms with Crippen LogP contribution in [0.1, 0.15) is 5.56 Å². The minimum atomic E-state index is -0.262. The highest BCUT2D eigenvalue weighted by Gasteiger charge is 2.26. The molecule has 0 saturated heterocycles. The fourth-order valence-corrected chi connectivity index (χ4v) is 2.56. The summed E-state index contributed by atoms with van der Waals surface area (Å²) in [6.07, 6.45) is 0.684. The standard InChI is InChI=1S/C15H12Cl2N2O/c16-11-6-5-10(8-12(11)17)18-15(20)14-7-9-3-1-2-4-13(9)19-14/h1-6,8,14,19H,7H2,(H,18,20)/t14-/m0/s1. The first-order valence-corrected chi connectivity index (χ1v) is 6.99. The van der Waals surface area contributed by atoms with Gasteiger partial charge in [0.2, 0.25) is 5.91 Å². The number of nitrogens with one attached hydrogen (secondary N) is 2. The normalized spacial score (nSPS) is 16.4. The maximum absolute atomic E-state index is 12.2. The lowest BCUT2D eigenvalue weighted by Gasteiger charge is -2.12. The molecule has 2 aromatic rings. The van der Waals surface area contributed by atoms with E-state index in [1.807, 2.05) is 24.3 Å². The van der Waals surface area contributed by atoms with Gasteiger partial charge in [-0.3, -0.25) is 4.79 Å². The molecule has 102 valence electrons. The molecule has 2 aromatic carbocycles. The van der Waals surface area contributed by atoms with Gasteiger partial charge in [-0.2, -0.15) is 0 Å². The molecule has 1 aliphatic rings. The van der Waals surface area contributed by atoms with Gasteiger partial charge >= 0.3 is 0 Å². The Morgan fingerprint density at radius 3 is 2.70 bits per heavy atom. The fourth-order valence-electron chi connectivity index (χ4n) is 2.26. The van der Waals surface area contributed by atoms with Crippen molar-refractivity contribution in [3.8, 4) is 0 Å². The number of fused-ring (bicyclic) bond motifs is 1. The van der Waals surface area contributed by atoms with Crippen LogP contribution in [0.15, 0.2) is 42.5 Å². The van der Waals surface area contributed by atoms with Crippen molar-refractivity contribution >= 4 is 40.5 Å². The van der Waals surface area contributed by atoms with Crippen LogP contribution >= 0.6 is 23.2 Å². The van der Waals surface area contributed by atoms with E-state index in [9.17, 15) is 4.79 Å². The summed E-state index contributed by atoms with van der Waals surface area (Å²) in [5.74, 6) is -0.0837. The van der Waals surface area contributed by atoms with Gasteiger partial charge in [0.25, 0.3) is 0 Å². The number of amides is 1. The van der Waals surface area contributed by atoms with Crippen LogP contribution in [0.25, 0.3) is 0 Å². The van der Waals surface area contributed by atoms with E-state index in [0.717, 1.165) is 11.3 Å². The minimum absolute atomic E-state index is 0.0837. The maximum atomic E-state index is 12.2. The predicted octanol–water partition coefficient (Wildman–Crippen LogP) is 3.97. The molecule has 0 aliphatic carbocycles. The first kappa shape index (κ1) is 13.3. The zero-order valence-corrected chi connectivity index (χ0v) is 12.0. The summed E-state index contributed by atoms with van der Waals surface area (Å²) >= 11 is 11.8. The van der Waals surface area contributed by atoms with E-state index in [1.165, 1.54) is 0 Å². The first-order valence-electron chi connectivity index (χ1n) is 6.24. The quantitative estimate of drug-likeness (QED) is 0.881. The number of anilines is 2. The highest BCUT2D eigenvalue weighted by molar-refractivity contribution is 6.42. The van der Waals surface area contributed by atoms with Gasteiger partial charge in [0, 0.05) is 17.8 Å². The Bertz CT molecular complexity index is 648. The Morgan fingerprint density at radius 2 is 1.95 bits per heavy atom. The predicted molar refractivity (Wildman–Crippen MR) is 82.6 cm³/mol. The van der Waals surface area contributed by atoms with E-state index < -0.39 is 0 Å². The van der Waals surface area contributed by atoms with Crippen molar-refractivity contribution in [2.24, 2.45) is 0 Å². The summed E-state index contributed by atoms with van der Waals surface area (Å²) in [6.45, 7) is 0. The molecule has 3 nitrogen and oxygen atoms in total. The number of carbonyl (C=O) groups excluding carboxylic acids is 1. The van der Waals surface area contributed by atoms with Gasteiger partial charge in [-0.1, -0.05) is 41.4 Å². The van der Waals surface area contributed by atoms with Crippen molar-refractivity contribution in [3.05, 3.63) is 58.1 Å². The Labute approximate surface area is 126 Å². The molecule has 0 unspecified atom stereocenters. The Kier molecular flexibility index (Phi) is 3.55. The van der Waals surface area contributed by atoms with Crippen LogP contribution in [-0.2, 0) is 11.2 Å².